The number of hydrogen-bond donors (Lipinski definition) is 1. The van der Waals surface area contributed by atoms with E-state index in [1.54, 1.807) is 0 Å². The number of aliphatic hydroxyl groups is 1. The summed E-state index contributed by atoms with van der Waals surface area (Å²) in [5.41, 5.74) is 3.90. The highest BCUT2D eigenvalue weighted by molar-refractivity contribution is 5.43. The lowest BCUT2D eigenvalue weighted by Gasteiger charge is -2.35. The molecule has 0 aromatic heterocycles. The molecule has 0 aliphatic heterocycles. The van der Waals surface area contributed by atoms with Crippen LogP contribution in [0.25, 0.3) is 0 Å². The summed E-state index contributed by atoms with van der Waals surface area (Å²) in [6.07, 6.45) is 11.9. The minimum absolute atomic E-state index is 0.115. The van der Waals surface area contributed by atoms with Crippen molar-refractivity contribution < 1.29 is 9.84 Å². The Morgan fingerprint density at radius 3 is 2.58 bits per heavy atom. The van der Waals surface area contributed by atoms with Crippen LogP contribution in [-0.2, 0) is 12.0 Å². The topological polar surface area (TPSA) is 29.5 Å². The second kappa shape index (κ2) is 12.4. The highest BCUT2D eigenvalue weighted by Crippen LogP contribution is 2.45. The summed E-state index contributed by atoms with van der Waals surface area (Å²) in [6, 6.07) is 17.3. The molecule has 0 bridgehead atoms. The predicted molar refractivity (Wildman–Crippen MR) is 140 cm³/mol. The van der Waals surface area contributed by atoms with E-state index in [-0.39, 0.29) is 11.5 Å². The summed E-state index contributed by atoms with van der Waals surface area (Å²) >= 11 is 0. The minimum atomic E-state index is -0.229. The van der Waals surface area contributed by atoms with Crippen molar-refractivity contribution in [2.75, 3.05) is 0 Å². The fourth-order valence-corrected chi connectivity index (χ4v) is 5.35. The Morgan fingerprint density at radius 2 is 1.85 bits per heavy atom. The van der Waals surface area contributed by atoms with Crippen LogP contribution >= 0.6 is 0 Å². The predicted octanol–water partition coefficient (Wildman–Crippen LogP) is 8.33. The summed E-state index contributed by atoms with van der Waals surface area (Å²) < 4.78 is 6.51. The molecule has 1 N–H and O–H groups in total. The maximum atomic E-state index is 10.5. The standard InChI is InChI=1S/C31H44O2/c1-5-7-8-12-20-31(3,4)26-17-19-28(29-22-27(32)18-16-25(29)13-6-2)30(21-26)33-23-24-14-10-9-11-15-24/h6,9-11,14-15,17,19,21,25,27,29,32H,2,5,7-8,12-13,16,18,20,22-23H2,1,3-4H3/t25-,27+,29-/m0/s1. The SMILES string of the molecule is C=CC[C@H]1CC[C@@H](O)C[C@@H]1c1ccc(C(C)(C)CCCCCC)cc1OCc1ccccc1. The van der Waals surface area contributed by atoms with E-state index in [1.165, 1.54) is 48.8 Å². The highest BCUT2D eigenvalue weighted by atomic mass is 16.5. The minimum Gasteiger partial charge on any atom is -0.489 e. The van der Waals surface area contributed by atoms with Crippen LogP contribution in [0.5, 0.6) is 5.75 Å². The van der Waals surface area contributed by atoms with Gasteiger partial charge in [0.05, 0.1) is 6.10 Å². The Bertz CT molecular complexity index is 854. The molecule has 3 rings (SSSR count). The van der Waals surface area contributed by atoms with Crippen molar-refractivity contribution in [1.29, 1.82) is 0 Å². The third kappa shape index (κ3) is 7.21. The number of benzene rings is 2. The molecule has 2 heteroatoms. The van der Waals surface area contributed by atoms with Crippen LogP contribution in [0.3, 0.4) is 0 Å². The van der Waals surface area contributed by atoms with Crippen molar-refractivity contribution >= 4 is 0 Å². The average molecular weight is 449 g/mol. The lowest BCUT2D eigenvalue weighted by Crippen LogP contribution is -2.27. The molecule has 1 saturated carbocycles. The Labute approximate surface area is 202 Å². The maximum absolute atomic E-state index is 10.5. The summed E-state index contributed by atoms with van der Waals surface area (Å²) in [4.78, 5) is 0. The van der Waals surface area contributed by atoms with E-state index in [0.717, 1.165) is 31.4 Å². The fourth-order valence-electron chi connectivity index (χ4n) is 5.35. The maximum Gasteiger partial charge on any atom is 0.123 e. The monoisotopic (exact) mass is 448 g/mol. The second-order valence-corrected chi connectivity index (χ2v) is 10.6. The van der Waals surface area contributed by atoms with Gasteiger partial charge in [-0.3, -0.25) is 0 Å². The van der Waals surface area contributed by atoms with Crippen molar-refractivity contribution in [3.63, 3.8) is 0 Å². The summed E-state index contributed by atoms with van der Waals surface area (Å²) in [5, 5.41) is 10.5. The van der Waals surface area contributed by atoms with Crippen molar-refractivity contribution in [3.05, 3.63) is 77.9 Å². The molecule has 2 aromatic rings. The number of unbranched alkanes of at least 4 members (excludes halogenated alkanes) is 3. The summed E-state index contributed by atoms with van der Waals surface area (Å²) in [5.74, 6) is 1.81. The first-order valence-corrected chi connectivity index (χ1v) is 13.0. The van der Waals surface area contributed by atoms with Gasteiger partial charge < -0.3 is 9.84 Å². The van der Waals surface area contributed by atoms with Gasteiger partial charge in [-0.1, -0.05) is 95.0 Å². The first kappa shape index (κ1) is 25.6. The number of hydrogen-bond acceptors (Lipinski definition) is 2. The molecule has 2 aromatic carbocycles. The van der Waals surface area contributed by atoms with Crippen LogP contribution in [0.1, 0.15) is 101 Å². The smallest absolute Gasteiger partial charge is 0.123 e. The molecule has 0 saturated heterocycles. The third-order valence-electron chi connectivity index (χ3n) is 7.52. The van der Waals surface area contributed by atoms with Gasteiger partial charge in [0, 0.05) is 0 Å². The van der Waals surface area contributed by atoms with Gasteiger partial charge in [0.2, 0.25) is 0 Å². The van der Waals surface area contributed by atoms with E-state index < -0.39 is 0 Å². The van der Waals surface area contributed by atoms with Crippen molar-refractivity contribution in [3.8, 4) is 5.75 Å². The Hall–Kier alpha value is -2.06. The molecule has 1 aliphatic rings. The largest absolute Gasteiger partial charge is 0.489 e. The molecular formula is C31H44O2. The zero-order chi connectivity index (χ0) is 23.7. The molecule has 2 nitrogen and oxygen atoms in total. The van der Waals surface area contributed by atoms with Gasteiger partial charge in [-0.15, -0.1) is 6.58 Å². The van der Waals surface area contributed by atoms with Gasteiger partial charge in [-0.2, -0.15) is 0 Å². The number of aliphatic hydroxyl groups excluding tert-OH is 1. The number of allylic oxidation sites excluding steroid dienone is 1. The lowest BCUT2D eigenvalue weighted by atomic mass is 9.71. The van der Waals surface area contributed by atoms with Gasteiger partial charge >= 0.3 is 0 Å². The molecule has 1 fully saturated rings. The summed E-state index contributed by atoms with van der Waals surface area (Å²) in [7, 11) is 0. The molecule has 1 aliphatic carbocycles. The summed E-state index contributed by atoms with van der Waals surface area (Å²) in [6.45, 7) is 11.5. The molecule has 0 heterocycles. The Balaban J connectivity index is 1.89. The van der Waals surface area contributed by atoms with Gasteiger partial charge in [-0.05, 0) is 72.1 Å². The van der Waals surface area contributed by atoms with Crippen LogP contribution in [-0.4, -0.2) is 11.2 Å². The lowest BCUT2D eigenvalue weighted by molar-refractivity contribution is 0.0932. The van der Waals surface area contributed by atoms with Crippen LogP contribution < -0.4 is 4.74 Å². The fraction of sp³-hybridized carbons (Fsp3) is 0.548. The Morgan fingerprint density at radius 1 is 1.06 bits per heavy atom. The van der Waals surface area contributed by atoms with E-state index in [4.69, 9.17) is 4.74 Å². The number of rotatable bonds is 12. The van der Waals surface area contributed by atoms with Crippen molar-refractivity contribution in [1.82, 2.24) is 0 Å². The van der Waals surface area contributed by atoms with Crippen molar-refractivity contribution in [2.24, 2.45) is 5.92 Å². The van der Waals surface area contributed by atoms with Crippen LogP contribution in [0.2, 0.25) is 0 Å². The molecule has 0 amide bonds. The third-order valence-corrected chi connectivity index (χ3v) is 7.52. The molecule has 180 valence electrons. The van der Waals surface area contributed by atoms with Crippen molar-refractivity contribution in [2.45, 2.75) is 103 Å². The number of ether oxygens (including phenoxy) is 1. The quantitative estimate of drug-likeness (QED) is 0.261. The molecule has 0 unspecified atom stereocenters. The average Bonchev–Trinajstić information content (AvgIpc) is 2.82. The van der Waals surface area contributed by atoms with Crippen LogP contribution in [0.15, 0.2) is 61.2 Å². The van der Waals surface area contributed by atoms with E-state index in [1.807, 2.05) is 12.1 Å². The zero-order valence-electron chi connectivity index (χ0n) is 21.1. The second-order valence-electron chi connectivity index (χ2n) is 10.6. The Kier molecular flexibility index (Phi) is 9.62. The van der Waals surface area contributed by atoms with Crippen LogP contribution in [0, 0.1) is 5.92 Å². The molecule has 0 spiro atoms. The van der Waals surface area contributed by atoms with E-state index >= 15 is 0 Å². The molecular weight excluding hydrogens is 404 g/mol. The molecule has 33 heavy (non-hydrogen) atoms. The molecule has 3 atom stereocenters. The van der Waals surface area contributed by atoms with E-state index in [2.05, 4.69) is 69.8 Å². The van der Waals surface area contributed by atoms with Gasteiger partial charge in [0.25, 0.3) is 0 Å². The van der Waals surface area contributed by atoms with Gasteiger partial charge in [-0.25, -0.2) is 0 Å². The highest BCUT2D eigenvalue weighted by Gasteiger charge is 2.32. The van der Waals surface area contributed by atoms with E-state index in [0.29, 0.717) is 18.4 Å². The first-order chi connectivity index (χ1) is 15.9. The normalized spacial score (nSPS) is 21.0. The van der Waals surface area contributed by atoms with Gasteiger partial charge in [0.1, 0.15) is 12.4 Å². The van der Waals surface area contributed by atoms with E-state index in [9.17, 15) is 5.11 Å². The van der Waals surface area contributed by atoms with Gasteiger partial charge in [0.15, 0.2) is 0 Å². The molecule has 0 radical (unpaired) electrons. The van der Waals surface area contributed by atoms with Crippen LogP contribution in [0.4, 0.5) is 0 Å². The zero-order valence-corrected chi connectivity index (χ0v) is 21.1. The first-order valence-electron chi connectivity index (χ1n) is 13.0.